The summed E-state index contributed by atoms with van der Waals surface area (Å²) in [5.41, 5.74) is -0.475. The van der Waals surface area contributed by atoms with Gasteiger partial charge in [0.2, 0.25) is 5.91 Å². The lowest BCUT2D eigenvalue weighted by Gasteiger charge is -2.38. The number of rotatable bonds is 4. The van der Waals surface area contributed by atoms with Gasteiger partial charge in [-0.25, -0.2) is 4.79 Å². The van der Waals surface area contributed by atoms with E-state index < -0.39 is 5.60 Å². The number of carbonyl (C=O) groups is 2. The molecule has 0 saturated carbocycles. The molecule has 2 atom stereocenters. The molecule has 1 saturated heterocycles. The highest BCUT2D eigenvalue weighted by molar-refractivity contribution is 9.09. The zero-order chi connectivity index (χ0) is 16.0. The smallest absolute Gasteiger partial charge is 0.410 e. The van der Waals surface area contributed by atoms with Crippen LogP contribution in [0, 0.1) is 0 Å². The Morgan fingerprint density at radius 2 is 2.05 bits per heavy atom. The lowest BCUT2D eigenvalue weighted by Crippen LogP contribution is -2.51. The molecule has 0 bridgehead atoms. The molecule has 2 unspecified atom stereocenters. The summed E-state index contributed by atoms with van der Waals surface area (Å²) in [5.74, 6) is 0.0948. The van der Waals surface area contributed by atoms with Crippen LogP contribution < -0.4 is 5.32 Å². The van der Waals surface area contributed by atoms with Crippen LogP contribution in [0.3, 0.4) is 0 Å². The Labute approximate surface area is 135 Å². The summed E-state index contributed by atoms with van der Waals surface area (Å²) >= 11 is 3.32. The van der Waals surface area contributed by atoms with Gasteiger partial charge in [-0.3, -0.25) is 4.79 Å². The molecule has 1 rings (SSSR count). The zero-order valence-electron chi connectivity index (χ0n) is 13.4. The van der Waals surface area contributed by atoms with Crippen LogP contribution in [0.5, 0.6) is 0 Å². The van der Waals surface area contributed by atoms with Gasteiger partial charge in [0.05, 0.1) is 0 Å². The summed E-state index contributed by atoms with van der Waals surface area (Å²) in [5, 5.41) is 3.89. The number of alkyl halides is 1. The second-order valence-corrected chi connectivity index (χ2v) is 7.40. The molecule has 2 amide bonds. The average Bonchev–Trinajstić information content (AvgIpc) is 2.34. The van der Waals surface area contributed by atoms with Crippen molar-refractivity contribution < 1.29 is 14.3 Å². The molecular formula is C15H27BrN2O3. The van der Waals surface area contributed by atoms with Crippen LogP contribution in [-0.2, 0) is 9.53 Å². The minimum Gasteiger partial charge on any atom is -0.444 e. The fourth-order valence-electron chi connectivity index (χ4n) is 2.42. The van der Waals surface area contributed by atoms with Crippen molar-refractivity contribution in [2.24, 2.45) is 0 Å². The quantitative estimate of drug-likeness (QED) is 0.781. The van der Waals surface area contributed by atoms with Gasteiger partial charge in [-0.15, -0.1) is 0 Å². The molecule has 1 fully saturated rings. The number of likely N-dealkylation sites (tertiary alicyclic amines) is 1. The summed E-state index contributed by atoms with van der Waals surface area (Å²) in [6.45, 7) is 8.23. The van der Waals surface area contributed by atoms with Crippen molar-refractivity contribution in [3.63, 3.8) is 0 Å². The molecule has 0 spiro atoms. The first-order valence-corrected chi connectivity index (χ1v) is 8.70. The third kappa shape index (κ3) is 6.68. The van der Waals surface area contributed by atoms with Gasteiger partial charge in [0.15, 0.2) is 0 Å². The SMILES string of the molecule is CC1CC(NC(=O)CCCBr)CCN1C(=O)OC(C)(C)C. The maximum absolute atomic E-state index is 12.1. The molecule has 6 heteroatoms. The third-order valence-electron chi connectivity index (χ3n) is 3.41. The Hall–Kier alpha value is -0.780. The van der Waals surface area contributed by atoms with E-state index in [2.05, 4.69) is 21.2 Å². The number of hydrogen-bond donors (Lipinski definition) is 1. The number of ether oxygens (including phenoxy) is 1. The Morgan fingerprint density at radius 1 is 1.38 bits per heavy atom. The van der Waals surface area contributed by atoms with Gasteiger partial charge in [0, 0.05) is 30.4 Å². The normalized spacial score (nSPS) is 22.8. The molecule has 0 aromatic heterocycles. The van der Waals surface area contributed by atoms with Gasteiger partial charge >= 0.3 is 6.09 Å². The number of carbonyl (C=O) groups excluding carboxylic acids is 2. The standard InChI is InChI=1S/C15H27BrN2O3/c1-11-10-12(17-13(19)6-5-8-16)7-9-18(11)14(20)21-15(2,3)4/h11-12H,5-10H2,1-4H3,(H,17,19). The van der Waals surface area contributed by atoms with Crippen molar-refractivity contribution in [3.8, 4) is 0 Å². The summed E-state index contributed by atoms with van der Waals surface area (Å²) < 4.78 is 5.41. The number of nitrogens with zero attached hydrogens (tertiary/aromatic N) is 1. The summed E-state index contributed by atoms with van der Waals surface area (Å²) in [6, 6.07) is 0.233. The van der Waals surface area contributed by atoms with Gasteiger partial charge in [-0.2, -0.15) is 0 Å². The van der Waals surface area contributed by atoms with Crippen LogP contribution in [-0.4, -0.2) is 46.5 Å². The molecule has 21 heavy (non-hydrogen) atoms. The maximum atomic E-state index is 12.1. The highest BCUT2D eigenvalue weighted by Gasteiger charge is 2.32. The lowest BCUT2D eigenvalue weighted by molar-refractivity contribution is -0.122. The zero-order valence-corrected chi connectivity index (χ0v) is 15.0. The fourth-order valence-corrected chi connectivity index (χ4v) is 2.70. The largest absolute Gasteiger partial charge is 0.444 e. The van der Waals surface area contributed by atoms with Gasteiger partial charge in [-0.1, -0.05) is 15.9 Å². The first kappa shape index (κ1) is 18.3. The Kier molecular flexibility index (Phi) is 6.97. The van der Waals surface area contributed by atoms with Crippen molar-refractivity contribution in [2.45, 2.75) is 71.1 Å². The van der Waals surface area contributed by atoms with Crippen molar-refractivity contribution in [1.82, 2.24) is 10.2 Å². The van der Waals surface area contributed by atoms with Crippen molar-refractivity contribution in [3.05, 3.63) is 0 Å². The van der Waals surface area contributed by atoms with Crippen LogP contribution in [0.4, 0.5) is 4.79 Å². The molecule has 1 aliphatic rings. The first-order valence-electron chi connectivity index (χ1n) is 7.58. The van der Waals surface area contributed by atoms with Gasteiger partial charge in [-0.05, 0) is 47.0 Å². The van der Waals surface area contributed by atoms with Gasteiger partial charge < -0.3 is 15.0 Å². The van der Waals surface area contributed by atoms with Crippen LogP contribution in [0.25, 0.3) is 0 Å². The predicted octanol–water partition coefficient (Wildman–Crippen LogP) is 3.07. The molecule has 1 heterocycles. The first-order chi connectivity index (χ1) is 9.73. The number of amides is 2. The molecule has 0 aliphatic carbocycles. The van der Waals surface area contributed by atoms with Crippen LogP contribution >= 0.6 is 15.9 Å². The minimum absolute atomic E-state index is 0.0788. The number of hydrogen-bond acceptors (Lipinski definition) is 3. The number of halogens is 1. The van der Waals surface area contributed by atoms with Crippen molar-refractivity contribution >= 4 is 27.9 Å². The van der Waals surface area contributed by atoms with E-state index in [9.17, 15) is 9.59 Å². The average molecular weight is 363 g/mol. The van der Waals surface area contributed by atoms with Crippen LogP contribution in [0.15, 0.2) is 0 Å². The molecule has 122 valence electrons. The van der Waals surface area contributed by atoms with Gasteiger partial charge in [0.25, 0.3) is 0 Å². The Bertz CT molecular complexity index is 368. The second-order valence-electron chi connectivity index (χ2n) is 6.60. The summed E-state index contributed by atoms with van der Waals surface area (Å²) in [7, 11) is 0. The van der Waals surface area contributed by atoms with E-state index in [4.69, 9.17) is 4.74 Å². The van der Waals surface area contributed by atoms with Gasteiger partial charge in [0.1, 0.15) is 5.60 Å². The van der Waals surface area contributed by atoms with E-state index in [1.165, 1.54) is 0 Å². The van der Waals surface area contributed by atoms with E-state index in [1.54, 1.807) is 4.90 Å². The van der Waals surface area contributed by atoms with E-state index in [-0.39, 0.29) is 24.1 Å². The third-order valence-corrected chi connectivity index (χ3v) is 3.97. The highest BCUT2D eigenvalue weighted by Crippen LogP contribution is 2.20. The predicted molar refractivity (Wildman–Crippen MR) is 86.6 cm³/mol. The number of piperidine rings is 1. The number of nitrogens with one attached hydrogen (secondary N) is 1. The Balaban J connectivity index is 2.43. The lowest BCUT2D eigenvalue weighted by atomic mass is 9.98. The van der Waals surface area contributed by atoms with E-state index >= 15 is 0 Å². The molecular weight excluding hydrogens is 336 g/mol. The minimum atomic E-state index is -0.475. The molecule has 1 aliphatic heterocycles. The van der Waals surface area contributed by atoms with Crippen molar-refractivity contribution in [1.29, 1.82) is 0 Å². The molecule has 1 N–H and O–H groups in total. The monoisotopic (exact) mass is 362 g/mol. The summed E-state index contributed by atoms with van der Waals surface area (Å²) in [4.78, 5) is 25.6. The molecule has 0 aromatic rings. The van der Waals surface area contributed by atoms with Crippen molar-refractivity contribution in [2.75, 3.05) is 11.9 Å². The molecule has 0 radical (unpaired) electrons. The maximum Gasteiger partial charge on any atom is 0.410 e. The second kappa shape index (κ2) is 8.01. The molecule has 5 nitrogen and oxygen atoms in total. The fraction of sp³-hybridized carbons (Fsp3) is 0.867. The highest BCUT2D eigenvalue weighted by atomic mass is 79.9. The van der Waals surface area contributed by atoms with Crippen LogP contribution in [0.1, 0.15) is 53.4 Å². The Morgan fingerprint density at radius 3 is 2.57 bits per heavy atom. The molecule has 0 aromatic carbocycles. The van der Waals surface area contributed by atoms with Crippen LogP contribution in [0.2, 0.25) is 0 Å². The topological polar surface area (TPSA) is 58.6 Å². The van der Waals surface area contributed by atoms with E-state index in [0.717, 1.165) is 24.6 Å². The van der Waals surface area contributed by atoms with E-state index in [0.29, 0.717) is 13.0 Å². The van der Waals surface area contributed by atoms with E-state index in [1.807, 2.05) is 27.7 Å². The summed E-state index contributed by atoms with van der Waals surface area (Å²) in [6.07, 6.45) is 2.69.